The molecule has 0 bridgehead atoms. The molecule has 0 amide bonds. The summed E-state index contributed by atoms with van der Waals surface area (Å²) in [6.07, 6.45) is 1.24. The summed E-state index contributed by atoms with van der Waals surface area (Å²) in [5, 5.41) is 3.50. The third kappa shape index (κ3) is 7.00. The normalized spacial score (nSPS) is 12.6. The molecule has 2 nitrogen and oxygen atoms in total. The van der Waals surface area contributed by atoms with Gasteiger partial charge in [0.25, 0.3) is 0 Å². The van der Waals surface area contributed by atoms with E-state index in [1.165, 1.54) is 29.1 Å². The monoisotopic (exact) mass is 281 g/mol. The summed E-state index contributed by atoms with van der Waals surface area (Å²) in [7, 11) is 1.75. The first-order valence-electron chi connectivity index (χ1n) is 7.12. The van der Waals surface area contributed by atoms with Gasteiger partial charge in [-0.3, -0.25) is 0 Å². The van der Waals surface area contributed by atoms with Crippen LogP contribution in [0.25, 0.3) is 0 Å². The van der Waals surface area contributed by atoms with Crippen molar-refractivity contribution in [2.24, 2.45) is 0 Å². The van der Waals surface area contributed by atoms with E-state index >= 15 is 0 Å². The molecule has 1 aromatic rings. The lowest BCUT2D eigenvalue weighted by Gasteiger charge is -2.18. The lowest BCUT2D eigenvalue weighted by atomic mass is 9.95. The van der Waals surface area contributed by atoms with Crippen LogP contribution in [0.2, 0.25) is 0 Å². The van der Waals surface area contributed by atoms with Gasteiger partial charge >= 0.3 is 0 Å². The zero-order valence-corrected chi connectivity index (χ0v) is 13.3. The first-order valence-corrected chi connectivity index (χ1v) is 8.27. The predicted molar refractivity (Wildman–Crippen MR) is 86.3 cm³/mol. The molecule has 0 heterocycles. The van der Waals surface area contributed by atoms with Crippen molar-refractivity contribution in [1.29, 1.82) is 0 Å². The minimum absolute atomic E-state index is 0.607. The second kappa shape index (κ2) is 10.3. The second-order valence-electron chi connectivity index (χ2n) is 4.79. The molecule has 1 atom stereocenters. The van der Waals surface area contributed by atoms with Crippen LogP contribution in [0.5, 0.6) is 0 Å². The zero-order chi connectivity index (χ0) is 13.9. The maximum absolute atomic E-state index is 5.08. The molecule has 1 aromatic carbocycles. The van der Waals surface area contributed by atoms with Gasteiger partial charge in [0.05, 0.1) is 6.61 Å². The number of benzene rings is 1. The van der Waals surface area contributed by atoms with Gasteiger partial charge in [-0.15, -0.1) is 0 Å². The van der Waals surface area contributed by atoms with Gasteiger partial charge in [0, 0.05) is 20.2 Å². The molecule has 0 spiro atoms. The van der Waals surface area contributed by atoms with Gasteiger partial charge in [0.2, 0.25) is 0 Å². The van der Waals surface area contributed by atoms with Crippen molar-refractivity contribution in [2.45, 2.75) is 26.2 Å². The van der Waals surface area contributed by atoms with Gasteiger partial charge in [-0.2, -0.15) is 11.8 Å². The van der Waals surface area contributed by atoms with Gasteiger partial charge < -0.3 is 10.1 Å². The number of hydrogen-bond acceptors (Lipinski definition) is 3. The highest BCUT2D eigenvalue weighted by atomic mass is 32.2. The van der Waals surface area contributed by atoms with Crippen LogP contribution < -0.4 is 5.32 Å². The highest BCUT2D eigenvalue weighted by Gasteiger charge is 2.11. The third-order valence-corrected chi connectivity index (χ3v) is 4.13. The summed E-state index contributed by atoms with van der Waals surface area (Å²) in [5.74, 6) is 3.05. The maximum Gasteiger partial charge on any atom is 0.0587 e. The van der Waals surface area contributed by atoms with Gasteiger partial charge in [0.1, 0.15) is 0 Å². The zero-order valence-electron chi connectivity index (χ0n) is 12.4. The fourth-order valence-corrected chi connectivity index (χ4v) is 2.87. The molecule has 0 aliphatic carbocycles. The Labute approximate surface area is 122 Å². The first kappa shape index (κ1) is 16.5. The Hall–Kier alpha value is -0.510. The Morgan fingerprint density at radius 1 is 1.37 bits per heavy atom. The summed E-state index contributed by atoms with van der Waals surface area (Å²) in [6, 6.07) is 8.91. The lowest BCUT2D eigenvalue weighted by Crippen LogP contribution is -2.25. The Bertz CT molecular complexity index is 343. The Morgan fingerprint density at radius 3 is 2.89 bits per heavy atom. The lowest BCUT2D eigenvalue weighted by molar-refractivity contribution is 0.199. The van der Waals surface area contributed by atoms with Crippen LogP contribution >= 0.6 is 11.8 Å². The van der Waals surface area contributed by atoms with Gasteiger partial charge in [0.15, 0.2) is 0 Å². The molecule has 1 rings (SSSR count). The molecule has 3 heteroatoms. The number of aryl methyl sites for hydroxylation is 1. The van der Waals surface area contributed by atoms with Crippen LogP contribution in [0.15, 0.2) is 24.3 Å². The van der Waals surface area contributed by atoms with Crippen LogP contribution in [0.1, 0.15) is 30.4 Å². The molecule has 108 valence electrons. The van der Waals surface area contributed by atoms with Crippen LogP contribution in [-0.2, 0) is 4.74 Å². The molecule has 0 saturated heterocycles. The number of thioether (sulfide) groups is 1. The second-order valence-corrected chi connectivity index (χ2v) is 6.19. The minimum atomic E-state index is 0.607. The summed E-state index contributed by atoms with van der Waals surface area (Å²) < 4.78 is 5.08. The average molecular weight is 281 g/mol. The standard InChI is InChI=1S/C16H27NOS/c1-4-19-11-8-16(13-17-9-10-18-3)15-7-5-6-14(2)12-15/h5-7,12,16-17H,4,8-11,13H2,1-3H3. The largest absolute Gasteiger partial charge is 0.383 e. The van der Waals surface area contributed by atoms with Gasteiger partial charge in [-0.05, 0) is 36.3 Å². The molecule has 0 fully saturated rings. The number of nitrogens with one attached hydrogen (secondary N) is 1. The topological polar surface area (TPSA) is 21.3 Å². The first-order chi connectivity index (χ1) is 9.27. The van der Waals surface area contributed by atoms with Crippen LogP contribution in [0.4, 0.5) is 0 Å². The SMILES string of the molecule is CCSCCC(CNCCOC)c1cccc(C)c1. The van der Waals surface area contributed by atoms with Crippen molar-refractivity contribution in [3.8, 4) is 0 Å². The highest BCUT2D eigenvalue weighted by molar-refractivity contribution is 7.99. The van der Waals surface area contributed by atoms with Crippen LogP contribution in [-0.4, -0.2) is 38.3 Å². The molecule has 1 unspecified atom stereocenters. The van der Waals surface area contributed by atoms with Crippen molar-refractivity contribution < 1.29 is 4.74 Å². The molecule has 0 aliphatic heterocycles. The molecular weight excluding hydrogens is 254 g/mol. The third-order valence-electron chi connectivity index (χ3n) is 3.20. The maximum atomic E-state index is 5.08. The van der Waals surface area contributed by atoms with Crippen molar-refractivity contribution in [2.75, 3.05) is 38.3 Å². The molecule has 1 N–H and O–H groups in total. The molecule has 0 aliphatic rings. The van der Waals surface area contributed by atoms with Gasteiger partial charge in [-0.1, -0.05) is 36.8 Å². The highest BCUT2D eigenvalue weighted by Crippen LogP contribution is 2.22. The van der Waals surface area contributed by atoms with Crippen molar-refractivity contribution >= 4 is 11.8 Å². The van der Waals surface area contributed by atoms with E-state index in [-0.39, 0.29) is 0 Å². The minimum Gasteiger partial charge on any atom is -0.383 e. The molecule has 0 aromatic heterocycles. The summed E-state index contributed by atoms with van der Waals surface area (Å²) in [5.41, 5.74) is 2.81. The van der Waals surface area contributed by atoms with Crippen molar-refractivity contribution in [3.05, 3.63) is 35.4 Å². The summed E-state index contributed by atoms with van der Waals surface area (Å²) in [6.45, 7) is 7.14. The number of methoxy groups -OCH3 is 1. The van der Waals surface area contributed by atoms with E-state index < -0.39 is 0 Å². The molecular formula is C16H27NOS. The van der Waals surface area contributed by atoms with E-state index in [4.69, 9.17) is 4.74 Å². The Kier molecular flexibility index (Phi) is 8.97. The average Bonchev–Trinajstić information content (AvgIpc) is 2.41. The Morgan fingerprint density at radius 2 is 2.21 bits per heavy atom. The van der Waals surface area contributed by atoms with Gasteiger partial charge in [-0.25, -0.2) is 0 Å². The fourth-order valence-electron chi connectivity index (χ4n) is 2.13. The number of ether oxygens (including phenoxy) is 1. The summed E-state index contributed by atoms with van der Waals surface area (Å²) in [4.78, 5) is 0. The molecule has 0 saturated carbocycles. The van der Waals surface area contributed by atoms with E-state index in [0.29, 0.717) is 5.92 Å². The molecule has 19 heavy (non-hydrogen) atoms. The van der Waals surface area contributed by atoms with Crippen molar-refractivity contribution in [1.82, 2.24) is 5.32 Å². The Balaban J connectivity index is 2.52. The number of rotatable bonds is 10. The smallest absolute Gasteiger partial charge is 0.0587 e. The van der Waals surface area contributed by atoms with E-state index in [1.54, 1.807) is 7.11 Å². The molecule has 0 radical (unpaired) electrons. The summed E-state index contributed by atoms with van der Waals surface area (Å²) >= 11 is 2.03. The van der Waals surface area contributed by atoms with E-state index in [9.17, 15) is 0 Å². The quantitative estimate of drug-likeness (QED) is 0.664. The number of hydrogen-bond donors (Lipinski definition) is 1. The van der Waals surface area contributed by atoms with Crippen LogP contribution in [0.3, 0.4) is 0 Å². The fraction of sp³-hybridized carbons (Fsp3) is 0.625. The predicted octanol–water partition coefficient (Wildman–Crippen LogP) is 3.46. The van der Waals surface area contributed by atoms with E-state index in [1.807, 2.05) is 11.8 Å². The van der Waals surface area contributed by atoms with Crippen molar-refractivity contribution in [3.63, 3.8) is 0 Å². The van der Waals surface area contributed by atoms with Crippen LogP contribution in [0, 0.1) is 6.92 Å². The van der Waals surface area contributed by atoms with E-state index in [2.05, 4.69) is 43.4 Å². The van der Waals surface area contributed by atoms with E-state index in [0.717, 1.165) is 19.7 Å².